The van der Waals surface area contributed by atoms with E-state index in [1.807, 2.05) is 0 Å². The minimum atomic E-state index is -0.0109. The van der Waals surface area contributed by atoms with E-state index < -0.39 is 0 Å². The van der Waals surface area contributed by atoms with Crippen LogP contribution in [0, 0.1) is 23.2 Å². The van der Waals surface area contributed by atoms with Crippen LogP contribution in [0.15, 0.2) is 24.3 Å². The molecule has 1 heterocycles. The first-order chi connectivity index (χ1) is 13.0. The van der Waals surface area contributed by atoms with E-state index in [-0.39, 0.29) is 6.04 Å². The van der Waals surface area contributed by atoms with Crippen LogP contribution in [0.4, 0.5) is 0 Å². The fraction of sp³-hybridized carbons (Fsp3) is 0.708. The zero-order valence-electron chi connectivity index (χ0n) is 17.0. The molecule has 0 aromatic heterocycles. The molecular weight excluding hydrogens is 332 g/mol. The maximum Gasteiger partial charge on any atom is 0.239 e. The zero-order chi connectivity index (χ0) is 18.6. The molecule has 1 unspecified atom stereocenters. The van der Waals surface area contributed by atoms with Crippen LogP contribution < -0.4 is 0 Å². The van der Waals surface area contributed by atoms with Crippen molar-refractivity contribution in [2.75, 3.05) is 20.1 Å². The van der Waals surface area contributed by atoms with Gasteiger partial charge >= 0.3 is 0 Å². The molecule has 4 aliphatic carbocycles. The van der Waals surface area contributed by atoms with Gasteiger partial charge in [0, 0.05) is 19.6 Å². The second-order valence-corrected chi connectivity index (χ2v) is 10.3. The van der Waals surface area contributed by atoms with Gasteiger partial charge in [-0.05, 0) is 93.2 Å². The molecule has 0 N–H and O–H groups in total. The Labute approximate surface area is 164 Å². The van der Waals surface area contributed by atoms with Gasteiger partial charge in [0.15, 0.2) is 0 Å². The first kappa shape index (κ1) is 17.7. The van der Waals surface area contributed by atoms with E-state index in [9.17, 15) is 4.79 Å². The third-order valence-corrected chi connectivity index (χ3v) is 8.21. The molecular formula is C24H34N2O. The highest BCUT2D eigenvalue weighted by Gasteiger charge is 2.51. The molecule has 27 heavy (non-hydrogen) atoms. The monoisotopic (exact) mass is 366 g/mol. The Morgan fingerprint density at radius 1 is 1.11 bits per heavy atom. The van der Waals surface area contributed by atoms with Crippen molar-refractivity contribution in [3.63, 3.8) is 0 Å². The standard InChI is InChI=1S/C24H34N2O/c1-17(23(27)26-8-7-21-5-3-4-6-22(21)15-26)25(2)16-24-12-18-9-19(13-24)11-20(10-18)14-24/h3-6,17-20H,7-16H2,1-2H3. The SMILES string of the molecule is CC(C(=O)N1CCc2ccccc2C1)N(C)CC12CC3CC(CC(C3)C1)C2. The molecule has 146 valence electrons. The number of fused-ring (bicyclic) bond motifs is 1. The number of nitrogens with zero attached hydrogens (tertiary/aromatic N) is 2. The first-order valence-electron chi connectivity index (χ1n) is 11.1. The summed E-state index contributed by atoms with van der Waals surface area (Å²) in [4.78, 5) is 17.7. The highest BCUT2D eigenvalue weighted by molar-refractivity contribution is 5.81. The van der Waals surface area contributed by atoms with Gasteiger partial charge in [-0.2, -0.15) is 0 Å². The largest absolute Gasteiger partial charge is 0.337 e. The van der Waals surface area contributed by atoms with Crippen LogP contribution in [0.1, 0.15) is 56.6 Å². The molecule has 1 aromatic carbocycles. The number of carbonyl (C=O) groups excluding carboxylic acids is 1. The molecule has 6 rings (SSSR count). The molecule has 5 aliphatic rings. The van der Waals surface area contributed by atoms with Gasteiger partial charge in [0.25, 0.3) is 0 Å². The van der Waals surface area contributed by atoms with Gasteiger partial charge in [-0.15, -0.1) is 0 Å². The third-order valence-electron chi connectivity index (χ3n) is 8.21. The lowest BCUT2D eigenvalue weighted by molar-refractivity contribution is -0.138. The van der Waals surface area contributed by atoms with Crippen molar-refractivity contribution in [2.45, 2.75) is 64.5 Å². The maximum absolute atomic E-state index is 13.2. The van der Waals surface area contributed by atoms with Crippen molar-refractivity contribution in [3.8, 4) is 0 Å². The van der Waals surface area contributed by atoms with Crippen LogP contribution in [-0.4, -0.2) is 41.9 Å². The average molecular weight is 367 g/mol. The summed E-state index contributed by atoms with van der Waals surface area (Å²) in [6.07, 6.45) is 9.72. The summed E-state index contributed by atoms with van der Waals surface area (Å²) in [6, 6.07) is 8.58. The van der Waals surface area contributed by atoms with Crippen molar-refractivity contribution in [2.24, 2.45) is 23.2 Å². The Kier molecular flexibility index (Phi) is 4.34. The first-order valence-corrected chi connectivity index (χ1v) is 11.1. The number of carbonyl (C=O) groups is 1. The van der Waals surface area contributed by atoms with E-state index >= 15 is 0 Å². The van der Waals surface area contributed by atoms with E-state index in [4.69, 9.17) is 0 Å². The van der Waals surface area contributed by atoms with Crippen LogP contribution >= 0.6 is 0 Å². The van der Waals surface area contributed by atoms with Crippen LogP contribution in [0.3, 0.4) is 0 Å². The smallest absolute Gasteiger partial charge is 0.239 e. The molecule has 3 heteroatoms. The molecule has 4 bridgehead atoms. The maximum atomic E-state index is 13.2. The molecule has 4 fully saturated rings. The van der Waals surface area contributed by atoms with Gasteiger partial charge in [0.05, 0.1) is 6.04 Å². The fourth-order valence-electron chi connectivity index (χ4n) is 7.29. The van der Waals surface area contributed by atoms with Gasteiger partial charge in [-0.1, -0.05) is 24.3 Å². The number of hydrogen-bond donors (Lipinski definition) is 0. The van der Waals surface area contributed by atoms with Crippen molar-refractivity contribution in [3.05, 3.63) is 35.4 Å². The van der Waals surface area contributed by atoms with Gasteiger partial charge in [0.2, 0.25) is 5.91 Å². The third kappa shape index (κ3) is 3.22. The van der Waals surface area contributed by atoms with Crippen LogP contribution in [0.2, 0.25) is 0 Å². The molecule has 1 atom stereocenters. The van der Waals surface area contributed by atoms with Crippen molar-refractivity contribution < 1.29 is 4.79 Å². The van der Waals surface area contributed by atoms with Crippen molar-refractivity contribution in [1.29, 1.82) is 0 Å². The Hall–Kier alpha value is -1.35. The Morgan fingerprint density at radius 3 is 2.33 bits per heavy atom. The number of likely N-dealkylation sites (N-methyl/N-ethyl adjacent to an activating group) is 1. The Balaban J connectivity index is 1.24. The minimum Gasteiger partial charge on any atom is -0.337 e. The minimum absolute atomic E-state index is 0.0109. The Morgan fingerprint density at radius 2 is 1.70 bits per heavy atom. The summed E-state index contributed by atoms with van der Waals surface area (Å²) in [7, 11) is 2.19. The van der Waals surface area contributed by atoms with Gasteiger partial charge in [0.1, 0.15) is 0 Å². The quantitative estimate of drug-likeness (QED) is 0.801. The van der Waals surface area contributed by atoms with Crippen molar-refractivity contribution >= 4 is 5.91 Å². The molecule has 1 amide bonds. The molecule has 1 aromatic rings. The summed E-state index contributed by atoms with van der Waals surface area (Å²) < 4.78 is 0. The van der Waals surface area contributed by atoms with E-state index in [2.05, 4.69) is 48.0 Å². The highest BCUT2D eigenvalue weighted by Crippen LogP contribution is 2.60. The molecule has 4 saturated carbocycles. The molecule has 0 radical (unpaired) electrons. The number of rotatable bonds is 4. The average Bonchev–Trinajstić information content (AvgIpc) is 2.65. The predicted molar refractivity (Wildman–Crippen MR) is 108 cm³/mol. The lowest BCUT2D eigenvalue weighted by Crippen LogP contribution is -2.54. The summed E-state index contributed by atoms with van der Waals surface area (Å²) in [5.74, 6) is 3.26. The summed E-state index contributed by atoms with van der Waals surface area (Å²) >= 11 is 0. The van der Waals surface area contributed by atoms with Crippen LogP contribution in [0.25, 0.3) is 0 Å². The van der Waals surface area contributed by atoms with E-state index in [0.29, 0.717) is 11.3 Å². The van der Waals surface area contributed by atoms with Gasteiger partial charge in [-0.3, -0.25) is 9.69 Å². The van der Waals surface area contributed by atoms with Crippen LogP contribution in [0.5, 0.6) is 0 Å². The highest BCUT2D eigenvalue weighted by atomic mass is 16.2. The van der Waals surface area contributed by atoms with E-state index in [1.165, 1.54) is 49.7 Å². The molecule has 1 aliphatic heterocycles. The topological polar surface area (TPSA) is 23.6 Å². The lowest BCUT2D eigenvalue weighted by atomic mass is 9.49. The molecule has 0 spiro atoms. The second-order valence-electron chi connectivity index (χ2n) is 10.3. The number of benzene rings is 1. The summed E-state index contributed by atoms with van der Waals surface area (Å²) in [6.45, 7) is 4.90. The second kappa shape index (κ2) is 6.62. The van der Waals surface area contributed by atoms with Gasteiger partial charge in [-0.25, -0.2) is 0 Å². The van der Waals surface area contributed by atoms with Crippen LogP contribution in [-0.2, 0) is 17.8 Å². The lowest BCUT2D eigenvalue weighted by Gasteiger charge is -2.58. The fourth-order valence-corrected chi connectivity index (χ4v) is 7.29. The predicted octanol–water partition coefficient (Wildman–Crippen LogP) is 4.11. The number of amides is 1. The summed E-state index contributed by atoms with van der Waals surface area (Å²) in [5, 5.41) is 0. The van der Waals surface area contributed by atoms with Gasteiger partial charge < -0.3 is 4.90 Å². The molecule has 0 saturated heterocycles. The van der Waals surface area contributed by atoms with Crippen molar-refractivity contribution in [1.82, 2.24) is 9.80 Å². The summed E-state index contributed by atoms with van der Waals surface area (Å²) in [5.41, 5.74) is 3.25. The van der Waals surface area contributed by atoms with E-state index in [0.717, 1.165) is 43.8 Å². The van der Waals surface area contributed by atoms with E-state index in [1.54, 1.807) is 0 Å². The molecule has 3 nitrogen and oxygen atoms in total. The normalized spacial score (nSPS) is 35.4. The Bertz CT molecular complexity index is 692. The zero-order valence-corrected chi connectivity index (χ0v) is 17.0. The number of hydrogen-bond acceptors (Lipinski definition) is 2.